The first-order valence-corrected chi connectivity index (χ1v) is 7.76. The zero-order valence-electron chi connectivity index (χ0n) is 13.8. The van der Waals surface area contributed by atoms with Crippen molar-refractivity contribution in [3.05, 3.63) is 98.6 Å². The number of carbonyl (C=O) groups is 1. The molecule has 3 aromatic rings. The van der Waals surface area contributed by atoms with Gasteiger partial charge in [-0.3, -0.25) is 20.2 Å². The summed E-state index contributed by atoms with van der Waals surface area (Å²) in [4.78, 5) is 32.5. The quantitative estimate of drug-likeness (QED) is 0.287. The number of hydrogen-bond acceptors (Lipinski definition) is 6. The van der Waals surface area contributed by atoms with Crippen LogP contribution >= 0.6 is 0 Å². The van der Waals surface area contributed by atoms with Crippen LogP contribution in [0.2, 0.25) is 0 Å². The Morgan fingerprint density at radius 2 is 1.41 bits per heavy atom. The van der Waals surface area contributed by atoms with E-state index in [2.05, 4.69) is 0 Å². The number of nitro benzene ring substituents is 2. The van der Waals surface area contributed by atoms with Gasteiger partial charge in [0.2, 0.25) is 5.75 Å². The summed E-state index contributed by atoms with van der Waals surface area (Å²) in [6.07, 6.45) is 0. The van der Waals surface area contributed by atoms with Gasteiger partial charge in [0, 0.05) is 6.07 Å². The van der Waals surface area contributed by atoms with Crippen molar-refractivity contribution in [3.8, 4) is 16.9 Å². The van der Waals surface area contributed by atoms with Crippen molar-refractivity contribution < 1.29 is 19.4 Å². The molecule has 0 heterocycles. The van der Waals surface area contributed by atoms with Crippen molar-refractivity contribution in [1.29, 1.82) is 0 Å². The third-order valence-corrected chi connectivity index (χ3v) is 3.78. The molecule has 0 unspecified atom stereocenters. The van der Waals surface area contributed by atoms with Crippen molar-refractivity contribution in [1.82, 2.24) is 0 Å². The second-order valence-electron chi connectivity index (χ2n) is 5.50. The minimum Gasteiger partial charge on any atom is -0.416 e. The van der Waals surface area contributed by atoms with Crippen LogP contribution in [0.15, 0.2) is 72.8 Å². The number of benzene rings is 3. The second-order valence-corrected chi connectivity index (χ2v) is 5.50. The average Bonchev–Trinajstić information content (AvgIpc) is 2.68. The summed E-state index contributed by atoms with van der Waals surface area (Å²) in [5.74, 6) is -1.16. The van der Waals surface area contributed by atoms with Gasteiger partial charge in [0.05, 0.1) is 21.5 Å². The van der Waals surface area contributed by atoms with Gasteiger partial charge in [0.15, 0.2) is 0 Å². The number of hydrogen-bond donors (Lipinski definition) is 0. The molecule has 134 valence electrons. The first-order valence-electron chi connectivity index (χ1n) is 7.76. The first-order chi connectivity index (χ1) is 13.0. The van der Waals surface area contributed by atoms with Crippen LogP contribution in [0.25, 0.3) is 11.1 Å². The lowest BCUT2D eigenvalue weighted by atomic mass is 10.0. The van der Waals surface area contributed by atoms with Gasteiger partial charge in [-0.15, -0.1) is 0 Å². The van der Waals surface area contributed by atoms with E-state index in [9.17, 15) is 25.0 Å². The maximum absolute atomic E-state index is 12.3. The van der Waals surface area contributed by atoms with Crippen molar-refractivity contribution in [2.75, 3.05) is 0 Å². The Bertz CT molecular complexity index is 1020. The van der Waals surface area contributed by atoms with Gasteiger partial charge in [0.25, 0.3) is 5.69 Å². The molecule has 0 N–H and O–H groups in total. The van der Waals surface area contributed by atoms with E-state index in [0.717, 1.165) is 29.3 Å². The fraction of sp³-hybridized carbons (Fsp3) is 0. The predicted octanol–water partition coefficient (Wildman–Crippen LogP) is 4.39. The van der Waals surface area contributed by atoms with Crippen LogP contribution in [0.1, 0.15) is 10.4 Å². The Morgan fingerprint density at radius 3 is 2.00 bits per heavy atom. The molecular formula is C19H12N2O6. The summed E-state index contributed by atoms with van der Waals surface area (Å²) in [5, 5.41) is 21.9. The number of nitrogens with zero attached hydrogens (tertiary/aromatic N) is 2. The smallest absolute Gasteiger partial charge is 0.343 e. The lowest BCUT2D eigenvalue weighted by Crippen LogP contribution is -2.09. The molecular weight excluding hydrogens is 352 g/mol. The van der Waals surface area contributed by atoms with Gasteiger partial charge in [-0.1, -0.05) is 42.5 Å². The average molecular weight is 364 g/mol. The molecule has 0 aliphatic rings. The van der Waals surface area contributed by atoms with Gasteiger partial charge in [-0.2, -0.15) is 0 Å². The lowest BCUT2D eigenvalue weighted by Gasteiger charge is -2.06. The fourth-order valence-electron chi connectivity index (χ4n) is 2.44. The normalized spacial score (nSPS) is 10.2. The Hall–Kier alpha value is -4.07. The highest BCUT2D eigenvalue weighted by Crippen LogP contribution is 2.31. The van der Waals surface area contributed by atoms with E-state index in [1.54, 1.807) is 24.3 Å². The monoisotopic (exact) mass is 364 g/mol. The van der Waals surface area contributed by atoms with Gasteiger partial charge in [-0.25, -0.2) is 4.79 Å². The molecule has 3 rings (SSSR count). The van der Waals surface area contributed by atoms with Crippen molar-refractivity contribution in [3.63, 3.8) is 0 Å². The highest BCUT2D eigenvalue weighted by molar-refractivity contribution is 5.92. The van der Waals surface area contributed by atoms with Crippen LogP contribution in [0.4, 0.5) is 11.4 Å². The molecule has 3 aromatic carbocycles. The van der Waals surface area contributed by atoms with Gasteiger partial charge >= 0.3 is 11.7 Å². The van der Waals surface area contributed by atoms with Crippen LogP contribution in [0, 0.1) is 20.2 Å². The predicted molar refractivity (Wildman–Crippen MR) is 96.6 cm³/mol. The zero-order valence-corrected chi connectivity index (χ0v) is 13.8. The molecule has 0 fully saturated rings. The lowest BCUT2D eigenvalue weighted by molar-refractivity contribution is -0.394. The van der Waals surface area contributed by atoms with E-state index in [4.69, 9.17) is 4.74 Å². The number of esters is 1. The second kappa shape index (κ2) is 7.44. The number of ether oxygens (including phenoxy) is 1. The van der Waals surface area contributed by atoms with Crippen LogP contribution < -0.4 is 4.74 Å². The van der Waals surface area contributed by atoms with E-state index in [1.165, 1.54) is 0 Å². The molecule has 0 amide bonds. The van der Waals surface area contributed by atoms with E-state index in [0.29, 0.717) is 0 Å². The van der Waals surface area contributed by atoms with Crippen LogP contribution in [-0.4, -0.2) is 15.8 Å². The van der Waals surface area contributed by atoms with E-state index in [-0.39, 0.29) is 11.3 Å². The topological polar surface area (TPSA) is 113 Å². The molecule has 0 aliphatic heterocycles. The highest BCUT2D eigenvalue weighted by atomic mass is 16.6. The fourth-order valence-corrected chi connectivity index (χ4v) is 2.44. The molecule has 8 nitrogen and oxygen atoms in total. The summed E-state index contributed by atoms with van der Waals surface area (Å²) in [6.45, 7) is 0. The van der Waals surface area contributed by atoms with Gasteiger partial charge in [0.1, 0.15) is 0 Å². The Morgan fingerprint density at radius 1 is 0.778 bits per heavy atom. The van der Waals surface area contributed by atoms with Crippen molar-refractivity contribution in [2.24, 2.45) is 0 Å². The minimum atomic E-state index is -0.839. The summed E-state index contributed by atoms with van der Waals surface area (Å²) in [5.41, 5.74) is 0.950. The van der Waals surface area contributed by atoms with E-state index >= 15 is 0 Å². The molecule has 27 heavy (non-hydrogen) atoms. The van der Waals surface area contributed by atoms with Crippen LogP contribution in [-0.2, 0) is 0 Å². The zero-order chi connectivity index (χ0) is 19.4. The Balaban J connectivity index is 1.83. The summed E-state index contributed by atoms with van der Waals surface area (Å²) >= 11 is 0. The molecule has 0 aromatic heterocycles. The Labute approximate surface area is 152 Å². The van der Waals surface area contributed by atoms with E-state index in [1.807, 2.05) is 30.3 Å². The maximum atomic E-state index is 12.3. The maximum Gasteiger partial charge on any atom is 0.343 e. The van der Waals surface area contributed by atoms with Crippen molar-refractivity contribution >= 4 is 17.3 Å². The molecule has 0 spiro atoms. The number of nitro groups is 2. The molecule has 0 saturated heterocycles. The number of carbonyl (C=O) groups excluding carboxylic acids is 1. The Kier molecular flexibility index (Phi) is 4.89. The molecule has 0 saturated carbocycles. The SMILES string of the molecule is O=C(Oc1ccc([N+](=O)[O-])cc1[N+](=O)[O-])c1ccc(-c2ccccc2)cc1. The molecule has 0 radical (unpaired) electrons. The molecule has 0 bridgehead atoms. The van der Waals surface area contributed by atoms with E-state index < -0.39 is 27.2 Å². The van der Waals surface area contributed by atoms with Gasteiger partial charge < -0.3 is 4.74 Å². The third kappa shape index (κ3) is 3.96. The minimum absolute atomic E-state index is 0.197. The summed E-state index contributed by atoms with van der Waals surface area (Å²) < 4.78 is 5.07. The van der Waals surface area contributed by atoms with Crippen LogP contribution in [0.5, 0.6) is 5.75 Å². The summed E-state index contributed by atoms with van der Waals surface area (Å²) in [6, 6.07) is 18.9. The molecule has 0 atom stereocenters. The number of non-ortho nitro benzene ring substituents is 1. The molecule has 8 heteroatoms. The molecule has 0 aliphatic carbocycles. The largest absolute Gasteiger partial charge is 0.416 e. The first kappa shape index (κ1) is 17.7. The summed E-state index contributed by atoms with van der Waals surface area (Å²) in [7, 11) is 0. The third-order valence-electron chi connectivity index (χ3n) is 3.78. The van der Waals surface area contributed by atoms with Crippen LogP contribution in [0.3, 0.4) is 0 Å². The highest BCUT2D eigenvalue weighted by Gasteiger charge is 2.23. The standard InChI is InChI=1S/C19H12N2O6/c22-19(15-8-6-14(7-9-15)13-4-2-1-3-5-13)27-18-11-10-16(20(23)24)12-17(18)21(25)26/h1-12H. The van der Waals surface area contributed by atoms with Gasteiger partial charge in [-0.05, 0) is 29.3 Å². The van der Waals surface area contributed by atoms with Crippen molar-refractivity contribution in [2.45, 2.75) is 0 Å². The number of rotatable bonds is 5.